The molecule has 0 spiro atoms. The number of phenolic OH excluding ortho intramolecular Hbond substituents is 1. The summed E-state index contributed by atoms with van der Waals surface area (Å²) in [7, 11) is -9.56. The number of phenols is 1. The van der Waals surface area contributed by atoms with Gasteiger partial charge in [-0.15, -0.1) is 0 Å². The van der Waals surface area contributed by atoms with Gasteiger partial charge in [-0.2, -0.15) is 0 Å². The first-order chi connectivity index (χ1) is 13.8. The Labute approximate surface area is 169 Å². The molecule has 3 nitrogen and oxygen atoms in total. The third-order valence-electron chi connectivity index (χ3n) is 4.83. The van der Waals surface area contributed by atoms with Gasteiger partial charge < -0.3 is 10.4 Å². The molecule has 10 heteroatoms. The Morgan fingerprint density at radius 2 is 1.63 bits per heavy atom. The number of rotatable bonds is 4. The van der Waals surface area contributed by atoms with Crippen molar-refractivity contribution >= 4 is 21.0 Å². The molecule has 3 aromatic rings. The van der Waals surface area contributed by atoms with Gasteiger partial charge in [0.15, 0.2) is 0 Å². The molecule has 1 aliphatic carbocycles. The molecular formula is C20H20F6N2OS. The fourth-order valence-corrected chi connectivity index (χ4v) is 3.60. The van der Waals surface area contributed by atoms with Crippen molar-refractivity contribution < 1.29 is 28.9 Å². The third kappa shape index (κ3) is 5.57. The van der Waals surface area contributed by atoms with Crippen molar-refractivity contribution in [3.63, 3.8) is 0 Å². The Balaban J connectivity index is 0.000000178. The van der Waals surface area contributed by atoms with Crippen LogP contribution in [0.1, 0.15) is 24.8 Å². The topological polar surface area (TPSA) is 45.2 Å². The highest BCUT2D eigenvalue weighted by molar-refractivity contribution is 8.45. The van der Waals surface area contributed by atoms with Gasteiger partial charge in [0.2, 0.25) is 0 Å². The number of aromatic nitrogens is 1. The predicted octanol–water partition coefficient (Wildman–Crippen LogP) is 7.07. The van der Waals surface area contributed by atoms with Gasteiger partial charge in [-0.3, -0.25) is 4.98 Å². The zero-order valence-electron chi connectivity index (χ0n) is 15.7. The number of pyridine rings is 1. The van der Waals surface area contributed by atoms with Crippen LogP contribution in [0.2, 0.25) is 0 Å². The Morgan fingerprint density at radius 3 is 2.20 bits per heavy atom. The van der Waals surface area contributed by atoms with E-state index in [1.807, 2.05) is 6.07 Å². The van der Waals surface area contributed by atoms with E-state index in [1.165, 1.54) is 25.3 Å². The Kier molecular flexibility index (Phi) is 5.44. The minimum Gasteiger partial charge on any atom is -0.508 e. The Hall–Kier alpha value is -2.46. The fourth-order valence-electron chi connectivity index (χ4n) is 2.95. The predicted molar refractivity (Wildman–Crippen MR) is 106 cm³/mol. The van der Waals surface area contributed by atoms with Crippen molar-refractivity contribution in [2.24, 2.45) is 0 Å². The summed E-state index contributed by atoms with van der Waals surface area (Å²) in [6.07, 6.45) is 7.22. The molecule has 1 aromatic heterocycles. The smallest absolute Gasteiger partial charge is 0.310 e. The maximum absolute atomic E-state index is 13.8. The number of benzene rings is 2. The van der Waals surface area contributed by atoms with E-state index in [0.29, 0.717) is 24.7 Å². The highest BCUT2D eigenvalue weighted by atomic mass is 32.5. The standard InChI is InChI=1S/C14H15FN2.C6H5F5OS/c15-14-5-4-10-8-16-7-6-12(10)13(14)9-17-11-2-1-3-11;7-13(8,9,10,11)6-3-1-5(12)2-4-6/h4-8,11,17H,1-3,9H2;1-4,12H. The molecule has 4 rings (SSSR count). The van der Waals surface area contributed by atoms with Crippen LogP contribution in [-0.4, -0.2) is 16.1 Å². The summed E-state index contributed by atoms with van der Waals surface area (Å²) in [5.74, 6) is -0.624. The summed E-state index contributed by atoms with van der Waals surface area (Å²) in [6, 6.07) is 7.20. The number of fused-ring (bicyclic) bond motifs is 1. The molecule has 1 fully saturated rings. The van der Waals surface area contributed by atoms with E-state index in [2.05, 4.69) is 10.3 Å². The quantitative estimate of drug-likeness (QED) is 0.418. The van der Waals surface area contributed by atoms with Crippen LogP contribution >= 0.6 is 10.2 Å². The number of nitrogens with one attached hydrogen (secondary N) is 1. The highest BCUT2D eigenvalue weighted by Crippen LogP contribution is 3.02. The van der Waals surface area contributed by atoms with E-state index < -0.39 is 20.9 Å². The van der Waals surface area contributed by atoms with Crippen molar-refractivity contribution in [1.29, 1.82) is 0 Å². The first-order valence-corrected chi connectivity index (χ1v) is 11.1. The van der Waals surface area contributed by atoms with Crippen molar-refractivity contribution in [1.82, 2.24) is 10.3 Å². The molecule has 1 aliphatic rings. The van der Waals surface area contributed by atoms with E-state index >= 15 is 0 Å². The van der Waals surface area contributed by atoms with Crippen LogP contribution < -0.4 is 5.32 Å². The largest absolute Gasteiger partial charge is 0.508 e. The summed E-state index contributed by atoms with van der Waals surface area (Å²) in [5, 5.41) is 14.0. The molecule has 0 atom stereocenters. The molecule has 2 N–H and O–H groups in total. The van der Waals surface area contributed by atoms with Gasteiger partial charge in [-0.25, -0.2) is 4.39 Å². The zero-order valence-corrected chi connectivity index (χ0v) is 16.5. The van der Waals surface area contributed by atoms with Crippen molar-refractivity contribution in [2.45, 2.75) is 36.7 Å². The van der Waals surface area contributed by atoms with Gasteiger partial charge in [0.25, 0.3) is 0 Å². The van der Waals surface area contributed by atoms with Crippen LogP contribution in [0.3, 0.4) is 0 Å². The van der Waals surface area contributed by atoms with Crippen LogP contribution in [0, 0.1) is 5.82 Å². The molecule has 1 saturated carbocycles. The Bertz CT molecular complexity index is 1040. The first kappa shape index (κ1) is 22.2. The lowest BCUT2D eigenvalue weighted by Crippen LogP contribution is -2.34. The summed E-state index contributed by atoms with van der Waals surface area (Å²) >= 11 is 0. The molecule has 0 saturated heterocycles. The van der Waals surface area contributed by atoms with Gasteiger partial charge in [-0.05, 0) is 60.7 Å². The van der Waals surface area contributed by atoms with Gasteiger partial charge in [0.05, 0.1) is 0 Å². The minimum absolute atomic E-state index is 0.129. The average molecular weight is 450 g/mol. The number of nitrogens with zero attached hydrogens (tertiary/aromatic N) is 1. The maximum atomic E-state index is 13.8. The highest BCUT2D eigenvalue weighted by Gasteiger charge is 2.65. The van der Waals surface area contributed by atoms with E-state index in [0.717, 1.165) is 16.3 Å². The van der Waals surface area contributed by atoms with Crippen molar-refractivity contribution in [3.8, 4) is 5.75 Å². The molecule has 0 bridgehead atoms. The molecule has 2 aromatic carbocycles. The summed E-state index contributed by atoms with van der Waals surface area (Å²) < 4.78 is 73.8. The summed E-state index contributed by atoms with van der Waals surface area (Å²) in [6.45, 7) is 0.609. The SMILES string of the molecule is Fc1ccc2cnccc2c1CNC1CCC1.Oc1ccc(S(F)(F)(F)(F)F)cc1. The molecule has 0 unspecified atom stereocenters. The van der Waals surface area contributed by atoms with E-state index in [4.69, 9.17) is 5.11 Å². The van der Waals surface area contributed by atoms with E-state index in [1.54, 1.807) is 18.5 Å². The lowest BCUT2D eigenvalue weighted by molar-refractivity contribution is 0.337. The number of hydrogen-bond acceptors (Lipinski definition) is 3. The molecule has 1 heterocycles. The monoisotopic (exact) mass is 450 g/mol. The fraction of sp³-hybridized carbons (Fsp3) is 0.250. The van der Waals surface area contributed by atoms with Crippen molar-refractivity contribution in [3.05, 3.63) is 66.2 Å². The number of halogens is 6. The zero-order chi connectivity index (χ0) is 22.1. The van der Waals surface area contributed by atoms with Crippen LogP contribution in [0.25, 0.3) is 10.8 Å². The van der Waals surface area contributed by atoms with E-state index in [-0.39, 0.29) is 17.9 Å². The maximum Gasteiger partial charge on any atom is 0.310 e. The van der Waals surface area contributed by atoms with E-state index in [9.17, 15) is 23.8 Å². The number of aromatic hydroxyl groups is 1. The average Bonchev–Trinajstić information content (AvgIpc) is 2.61. The molecule has 0 radical (unpaired) electrons. The Morgan fingerprint density at radius 1 is 0.967 bits per heavy atom. The lowest BCUT2D eigenvalue weighted by Gasteiger charge is -2.40. The second kappa shape index (κ2) is 7.35. The second-order valence-electron chi connectivity index (χ2n) is 7.09. The lowest BCUT2D eigenvalue weighted by atomic mass is 9.93. The normalized spacial score (nSPS) is 16.7. The van der Waals surface area contributed by atoms with Crippen molar-refractivity contribution in [2.75, 3.05) is 0 Å². The summed E-state index contributed by atoms with van der Waals surface area (Å²) in [4.78, 5) is 2.06. The number of hydrogen-bond donors (Lipinski definition) is 2. The van der Waals surface area contributed by atoms with Gasteiger partial charge in [0.1, 0.15) is 16.5 Å². The first-order valence-electron chi connectivity index (χ1n) is 9.11. The van der Waals surface area contributed by atoms with Gasteiger partial charge >= 0.3 is 10.2 Å². The van der Waals surface area contributed by atoms with Gasteiger partial charge in [-0.1, -0.05) is 25.8 Å². The molecule has 30 heavy (non-hydrogen) atoms. The molecule has 164 valence electrons. The van der Waals surface area contributed by atoms with Crippen LogP contribution in [0.15, 0.2) is 59.8 Å². The molecular weight excluding hydrogens is 430 g/mol. The minimum atomic E-state index is -9.56. The van der Waals surface area contributed by atoms with Crippen LogP contribution in [0.4, 0.5) is 23.8 Å². The molecule has 0 amide bonds. The van der Waals surface area contributed by atoms with Gasteiger partial charge in [0, 0.05) is 35.9 Å². The third-order valence-corrected chi connectivity index (χ3v) is 5.99. The second-order valence-corrected chi connectivity index (χ2v) is 9.50. The molecule has 0 aliphatic heterocycles. The summed E-state index contributed by atoms with van der Waals surface area (Å²) in [5.41, 5.74) is 0.761. The van der Waals surface area contributed by atoms with Crippen LogP contribution in [-0.2, 0) is 6.54 Å². The van der Waals surface area contributed by atoms with Crippen LogP contribution in [0.5, 0.6) is 5.75 Å².